The van der Waals surface area contributed by atoms with Gasteiger partial charge in [0.25, 0.3) is 11.6 Å². The van der Waals surface area contributed by atoms with Crippen LogP contribution in [0.4, 0.5) is 0 Å². The summed E-state index contributed by atoms with van der Waals surface area (Å²) in [5, 5.41) is 11.0. The number of rotatable bonds is 5. The van der Waals surface area contributed by atoms with Gasteiger partial charge in [0, 0.05) is 25.3 Å². The minimum atomic E-state index is -0.131. The van der Waals surface area contributed by atoms with E-state index in [1.807, 2.05) is 6.92 Å². The second-order valence-corrected chi connectivity index (χ2v) is 6.21. The number of nitrogens with zero attached hydrogens (tertiary/aromatic N) is 2. The molecule has 0 aromatic carbocycles. The smallest absolute Gasteiger partial charge is 0.257 e. The maximum absolute atomic E-state index is 12.5. The Morgan fingerprint density at radius 1 is 1.48 bits per heavy atom. The summed E-state index contributed by atoms with van der Waals surface area (Å²) >= 11 is 0. The number of hydrogen-bond donors (Lipinski definition) is 2. The van der Waals surface area contributed by atoms with Gasteiger partial charge in [0.15, 0.2) is 0 Å². The Morgan fingerprint density at radius 2 is 2.26 bits per heavy atom. The van der Waals surface area contributed by atoms with Crippen molar-refractivity contribution in [2.24, 2.45) is 5.41 Å². The maximum atomic E-state index is 12.5. The van der Waals surface area contributed by atoms with E-state index in [1.54, 1.807) is 13.2 Å². The van der Waals surface area contributed by atoms with Crippen LogP contribution in [0.3, 0.4) is 0 Å². The van der Waals surface area contributed by atoms with E-state index >= 15 is 0 Å². The lowest BCUT2D eigenvalue weighted by Gasteiger charge is -2.37. The number of fused-ring (bicyclic) bond motifs is 1. The lowest BCUT2D eigenvalue weighted by Crippen LogP contribution is -2.47. The maximum Gasteiger partial charge on any atom is 0.257 e. The summed E-state index contributed by atoms with van der Waals surface area (Å²) in [5.74, 6) is -0.131. The predicted octanol–water partition coefficient (Wildman–Crippen LogP) is 1.28. The molecule has 1 aliphatic heterocycles. The number of carbonyl (C=O) groups is 1. The van der Waals surface area contributed by atoms with Crippen molar-refractivity contribution < 1.29 is 14.1 Å². The minimum Gasteiger partial charge on any atom is -0.384 e. The Hall–Kier alpha value is -1.99. The summed E-state index contributed by atoms with van der Waals surface area (Å²) in [5.41, 5.74) is 1.70. The molecule has 124 valence electrons. The van der Waals surface area contributed by atoms with Gasteiger partial charge in [0.05, 0.1) is 23.3 Å². The highest BCUT2D eigenvalue weighted by atomic mass is 16.5. The van der Waals surface area contributed by atoms with E-state index < -0.39 is 0 Å². The summed E-state index contributed by atoms with van der Waals surface area (Å²) in [6.07, 6.45) is 3.50. The molecule has 2 N–H and O–H groups in total. The molecule has 1 amide bonds. The number of pyridine rings is 1. The zero-order valence-corrected chi connectivity index (χ0v) is 13.5. The SMILES string of the molecule is COCC1(CNC(=O)c2cnc3onc(C)c3c2)CCNCC1. The first-order chi connectivity index (χ1) is 11.1. The first-order valence-electron chi connectivity index (χ1n) is 7.83. The van der Waals surface area contributed by atoms with Gasteiger partial charge in [0.1, 0.15) is 0 Å². The minimum absolute atomic E-state index is 0.000300. The number of piperidine rings is 1. The van der Waals surface area contributed by atoms with Crippen molar-refractivity contribution in [3.63, 3.8) is 0 Å². The second kappa shape index (κ2) is 6.64. The van der Waals surface area contributed by atoms with E-state index in [0.29, 0.717) is 24.4 Å². The molecule has 23 heavy (non-hydrogen) atoms. The summed E-state index contributed by atoms with van der Waals surface area (Å²) in [6.45, 7) is 4.98. The molecule has 7 heteroatoms. The van der Waals surface area contributed by atoms with Gasteiger partial charge in [-0.15, -0.1) is 0 Å². The molecular weight excluding hydrogens is 296 g/mol. The largest absolute Gasteiger partial charge is 0.384 e. The summed E-state index contributed by atoms with van der Waals surface area (Å²) in [6, 6.07) is 1.77. The highest BCUT2D eigenvalue weighted by Crippen LogP contribution is 2.28. The van der Waals surface area contributed by atoms with E-state index in [9.17, 15) is 4.79 Å². The lowest BCUT2D eigenvalue weighted by atomic mass is 9.79. The molecule has 1 fully saturated rings. The zero-order chi connectivity index (χ0) is 16.3. The van der Waals surface area contributed by atoms with Crippen molar-refractivity contribution in [3.8, 4) is 0 Å². The number of nitrogens with one attached hydrogen (secondary N) is 2. The molecule has 0 spiro atoms. The molecule has 3 heterocycles. The quantitative estimate of drug-likeness (QED) is 0.863. The average molecular weight is 318 g/mol. The van der Waals surface area contributed by atoms with E-state index in [2.05, 4.69) is 20.8 Å². The van der Waals surface area contributed by atoms with Crippen LogP contribution in [0, 0.1) is 12.3 Å². The fourth-order valence-electron chi connectivity index (χ4n) is 3.07. The Balaban J connectivity index is 1.70. The van der Waals surface area contributed by atoms with E-state index in [0.717, 1.165) is 37.0 Å². The molecule has 7 nitrogen and oxygen atoms in total. The first kappa shape index (κ1) is 15.9. The predicted molar refractivity (Wildman–Crippen MR) is 85.3 cm³/mol. The molecule has 0 aliphatic carbocycles. The highest BCUT2D eigenvalue weighted by Gasteiger charge is 2.32. The third-order valence-electron chi connectivity index (χ3n) is 4.51. The van der Waals surface area contributed by atoms with Crippen LogP contribution in [0.1, 0.15) is 28.9 Å². The Bertz CT molecular complexity index is 686. The second-order valence-electron chi connectivity index (χ2n) is 6.21. The number of hydrogen-bond acceptors (Lipinski definition) is 6. The molecule has 0 unspecified atom stereocenters. The van der Waals surface area contributed by atoms with E-state index in [4.69, 9.17) is 9.26 Å². The number of aryl methyl sites for hydroxylation is 1. The third-order valence-corrected chi connectivity index (χ3v) is 4.51. The average Bonchev–Trinajstić information content (AvgIpc) is 2.95. The standard InChI is InChI=1S/C16H22N4O3/c1-11-13-7-12(8-18-15(13)23-20-11)14(21)19-9-16(10-22-2)3-5-17-6-4-16/h7-8,17H,3-6,9-10H2,1-2H3,(H,19,21). The molecule has 2 aromatic heterocycles. The van der Waals surface area contributed by atoms with Gasteiger partial charge in [-0.05, 0) is 38.9 Å². The van der Waals surface area contributed by atoms with Crippen LogP contribution >= 0.6 is 0 Å². The number of methoxy groups -OCH3 is 1. The van der Waals surface area contributed by atoms with Crippen molar-refractivity contribution in [2.75, 3.05) is 33.4 Å². The van der Waals surface area contributed by atoms with Gasteiger partial charge in [-0.2, -0.15) is 0 Å². The van der Waals surface area contributed by atoms with Gasteiger partial charge in [-0.1, -0.05) is 5.16 Å². The molecular formula is C16H22N4O3. The number of amides is 1. The molecule has 0 radical (unpaired) electrons. The summed E-state index contributed by atoms with van der Waals surface area (Å²) in [7, 11) is 1.71. The Morgan fingerprint density at radius 3 is 3.00 bits per heavy atom. The molecule has 0 bridgehead atoms. The normalized spacial score (nSPS) is 17.3. The van der Waals surface area contributed by atoms with Gasteiger partial charge in [-0.25, -0.2) is 4.98 Å². The van der Waals surface area contributed by atoms with Crippen LogP contribution in [0.25, 0.3) is 11.1 Å². The topological polar surface area (TPSA) is 89.3 Å². The van der Waals surface area contributed by atoms with Crippen molar-refractivity contribution in [1.29, 1.82) is 0 Å². The van der Waals surface area contributed by atoms with Crippen LogP contribution in [-0.2, 0) is 4.74 Å². The molecule has 3 rings (SSSR count). The number of ether oxygens (including phenoxy) is 1. The number of carbonyl (C=O) groups excluding carboxylic acids is 1. The summed E-state index contributed by atoms with van der Waals surface area (Å²) in [4.78, 5) is 16.6. The fourth-order valence-corrected chi connectivity index (χ4v) is 3.07. The van der Waals surface area contributed by atoms with E-state index in [-0.39, 0.29) is 11.3 Å². The van der Waals surface area contributed by atoms with Crippen molar-refractivity contribution in [1.82, 2.24) is 20.8 Å². The Kier molecular flexibility index (Phi) is 4.58. The molecule has 1 aliphatic rings. The van der Waals surface area contributed by atoms with Crippen molar-refractivity contribution in [2.45, 2.75) is 19.8 Å². The molecule has 0 atom stereocenters. The monoisotopic (exact) mass is 318 g/mol. The van der Waals surface area contributed by atoms with Crippen molar-refractivity contribution in [3.05, 3.63) is 23.5 Å². The lowest BCUT2D eigenvalue weighted by molar-refractivity contribution is 0.0511. The van der Waals surface area contributed by atoms with Crippen LogP contribution in [-0.4, -0.2) is 49.4 Å². The van der Waals surface area contributed by atoms with Crippen LogP contribution in [0.5, 0.6) is 0 Å². The van der Waals surface area contributed by atoms with Gasteiger partial charge in [0.2, 0.25) is 0 Å². The van der Waals surface area contributed by atoms with Gasteiger partial charge < -0.3 is 19.9 Å². The highest BCUT2D eigenvalue weighted by molar-refractivity contribution is 5.96. The van der Waals surface area contributed by atoms with Gasteiger partial charge >= 0.3 is 0 Å². The van der Waals surface area contributed by atoms with Crippen LogP contribution in [0.2, 0.25) is 0 Å². The van der Waals surface area contributed by atoms with Crippen LogP contribution < -0.4 is 10.6 Å². The molecule has 2 aromatic rings. The fraction of sp³-hybridized carbons (Fsp3) is 0.562. The third kappa shape index (κ3) is 3.35. The summed E-state index contributed by atoms with van der Waals surface area (Å²) < 4.78 is 10.4. The Labute approximate surface area is 134 Å². The van der Waals surface area contributed by atoms with E-state index in [1.165, 1.54) is 6.20 Å². The van der Waals surface area contributed by atoms with Crippen LogP contribution in [0.15, 0.2) is 16.8 Å². The van der Waals surface area contributed by atoms with Crippen molar-refractivity contribution >= 4 is 17.0 Å². The molecule has 1 saturated heterocycles. The first-order valence-corrected chi connectivity index (χ1v) is 7.83. The molecule has 0 saturated carbocycles. The number of aromatic nitrogens is 2. The van der Waals surface area contributed by atoms with Gasteiger partial charge in [-0.3, -0.25) is 4.79 Å². The zero-order valence-electron chi connectivity index (χ0n) is 13.5.